The molecule has 0 bridgehead atoms. The van der Waals surface area contributed by atoms with Gasteiger partial charge in [0.05, 0.1) is 13.1 Å². The number of aryl methyl sites for hydroxylation is 1. The Morgan fingerprint density at radius 2 is 1.64 bits per heavy atom. The number of carbonyl (C=O) groups excluding carboxylic acids is 1. The highest BCUT2D eigenvalue weighted by atomic mass is 32.1. The lowest BCUT2D eigenvalue weighted by Gasteiger charge is -2.08. The molecule has 0 aliphatic carbocycles. The van der Waals surface area contributed by atoms with Crippen LogP contribution >= 0.6 is 22.7 Å². The highest BCUT2D eigenvalue weighted by Gasteiger charge is 2.19. The van der Waals surface area contributed by atoms with Gasteiger partial charge < -0.3 is 10.6 Å². The number of thiophene rings is 2. The van der Waals surface area contributed by atoms with Crippen molar-refractivity contribution in [3.8, 4) is 0 Å². The molecule has 3 aromatic heterocycles. The third-order valence-corrected chi connectivity index (χ3v) is 5.93. The number of rotatable bonds is 7. The minimum absolute atomic E-state index is 0.205. The summed E-state index contributed by atoms with van der Waals surface area (Å²) in [6.45, 7) is 3.12. The van der Waals surface area contributed by atoms with Crippen molar-refractivity contribution in [3.63, 3.8) is 0 Å². The minimum Gasteiger partial charge on any atom is -0.349 e. The van der Waals surface area contributed by atoms with Crippen molar-refractivity contribution in [2.24, 2.45) is 0 Å². The predicted molar refractivity (Wildman–Crippen MR) is 114 cm³/mol. The first kappa shape index (κ1) is 18.4. The van der Waals surface area contributed by atoms with Gasteiger partial charge in [0.2, 0.25) is 11.9 Å². The van der Waals surface area contributed by atoms with Crippen molar-refractivity contribution in [3.05, 3.63) is 80.2 Å². The maximum absolute atomic E-state index is 13.1. The van der Waals surface area contributed by atoms with Crippen LogP contribution in [-0.4, -0.2) is 20.7 Å². The van der Waals surface area contributed by atoms with Crippen LogP contribution in [0.1, 0.15) is 25.7 Å². The number of nitrogens with one attached hydrogen (secondary N) is 2. The van der Waals surface area contributed by atoms with Crippen molar-refractivity contribution in [1.82, 2.24) is 14.8 Å². The molecule has 4 rings (SSSR count). The molecule has 0 saturated heterocycles. The average molecular weight is 410 g/mol. The minimum atomic E-state index is -0.205. The molecule has 6 nitrogen and oxygen atoms in total. The average Bonchev–Trinajstić information content (AvgIpc) is 3.46. The van der Waals surface area contributed by atoms with Crippen LogP contribution in [0.25, 0.3) is 0 Å². The fourth-order valence-corrected chi connectivity index (χ4v) is 4.02. The standard InChI is InChI=1S/C20H19N5OS2/c1-14-6-2-3-9-17(14)18(26)25-20(22-13-16-8-5-11-28-16)23-19(24-25)21-12-15-7-4-10-27-15/h2-11H,12-13H2,1H3,(H2,21,22,23,24). The van der Waals surface area contributed by atoms with E-state index in [1.165, 1.54) is 9.56 Å². The molecule has 0 spiro atoms. The number of carbonyl (C=O) groups is 1. The lowest BCUT2D eigenvalue weighted by molar-refractivity contribution is 0.0947. The van der Waals surface area contributed by atoms with Gasteiger partial charge in [0.15, 0.2) is 0 Å². The van der Waals surface area contributed by atoms with Gasteiger partial charge in [0.1, 0.15) is 0 Å². The van der Waals surface area contributed by atoms with Gasteiger partial charge in [0.25, 0.3) is 5.91 Å². The molecular weight excluding hydrogens is 390 g/mol. The van der Waals surface area contributed by atoms with Gasteiger partial charge in [-0.15, -0.1) is 27.8 Å². The summed E-state index contributed by atoms with van der Waals surface area (Å²) < 4.78 is 1.34. The fourth-order valence-electron chi connectivity index (χ4n) is 2.73. The fraction of sp³-hybridized carbons (Fsp3) is 0.150. The zero-order valence-corrected chi connectivity index (χ0v) is 16.9. The number of hydrogen-bond donors (Lipinski definition) is 2. The zero-order valence-electron chi connectivity index (χ0n) is 15.3. The zero-order chi connectivity index (χ0) is 19.3. The number of hydrogen-bond acceptors (Lipinski definition) is 7. The molecule has 142 valence electrons. The third-order valence-electron chi connectivity index (χ3n) is 4.18. The van der Waals surface area contributed by atoms with E-state index < -0.39 is 0 Å². The van der Waals surface area contributed by atoms with Gasteiger partial charge in [-0.1, -0.05) is 30.3 Å². The molecular formula is C20H19N5OS2. The van der Waals surface area contributed by atoms with Crippen molar-refractivity contribution in [2.75, 3.05) is 10.6 Å². The Bertz CT molecular complexity index is 1050. The van der Waals surface area contributed by atoms with Crippen LogP contribution in [0.3, 0.4) is 0 Å². The summed E-state index contributed by atoms with van der Waals surface area (Å²) in [5.41, 5.74) is 1.51. The van der Waals surface area contributed by atoms with E-state index in [1.54, 1.807) is 28.7 Å². The Balaban J connectivity index is 1.59. The van der Waals surface area contributed by atoms with Gasteiger partial charge in [-0.25, -0.2) is 0 Å². The van der Waals surface area contributed by atoms with E-state index in [4.69, 9.17) is 0 Å². The molecule has 4 aromatic rings. The van der Waals surface area contributed by atoms with E-state index in [2.05, 4.69) is 20.7 Å². The Labute approximate surface area is 170 Å². The first-order valence-corrected chi connectivity index (χ1v) is 10.6. The number of aromatic nitrogens is 3. The molecule has 0 fully saturated rings. The Morgan fingerprint density at radius 3 is 2.29 bits per heavy atom. The highest BCUT2D eigenvalue weighted by molar-refractivity contribution is 7.10. The van der Waals surface area contributed by atoms with Crippen LogP contribution in [0, 0.1) is 6.92 Å². The molecule has 0 amide bonds. The first-order chi connectivity index (χ1) is 13.7. The lowest BCUT2D eigenvalue weighted by Crippen LogP contribution is -2.18. The van der Waals surface area contributed by atoms with Gasteiger partial charge in [-0.3, -0.25) is 4.79 Å². The van der Waals surface area contributed by atoms with E-state index in [-0.39, 0.29) is 5.91 Å². The Hall–Kier alpha value is -2.97. The van der Waals surface area contributed by atoms with Gasteiger partial charge in [-0.05, 0) is 41.4 Å². The van der Waals surface area contributed by atoms with Crippen molar-refractivity contribution in [1.29, 1.82) is 0 Å². The quantitative estimate of drug-likeness (QED) is 0.466. The van der Waals surface area contributed by atoms with Crippen LogP contribution in [-0.2, 0) is 13.1 Å². The van der Waals surface area contributed by atoms with Gasteiger partial charge in [-0.2, -0.15) is 9.67 Å². The summed E-state index contributed by atoms with van der Waals surface area (Å²) in [4.78, 5) is 19.9. The molecule has 0 unspecified atom stereocenters. The number of nitrogens with zero attached hydrogens (tertiary/aromatic N) is 3. The second-order valence-electron chi connectivity index (χ2n) is 6.16. The van der Waals surface area contributed by atoms with Gasteiger partial charge >= 0.3 is 0 Å². The molecule has 0 radical (unpaired) electrons. The molecule has 8 heteroatoms. The maximum Gasteiger partial charge on any atom is 0.281 e. The van der Waals surface area contributed by atoms with Crippen LogP contribution in [0.15, 0.2) is 59.3 Å². The molecule has 0 saturated carbocycles. The molecule has 28 heavy (non-hydrogen) atoms. The van der Waals surface area contributed by atoms with Crippen molar-refractivity contribution >= 4 is 40.5 Å². The summed E-state index contributed by atoms with van der Waals surface area (Å²) in [5.74, 6) is 0.641. The summed E-state index contributed by atoms with van der Waals surface area (Å²) >= 11 is 3.31. The van der Waals surface area contributed by atoms with E-state index in [0.717, 1.165) is 10.4 Å². The van der Waals surface area contributed by atoms with Gasteiger partial charge in [0, 0.05) is 15.3 Å². The first-order valence-electron chi connectivity index (χ1n) is 8.80. The van der Waals surface area contributed by atoms with Crippen LogP contribution in [0.4, 0.5) is 11.9 Å². The molecule has 0 atom stereocenters. The summed E-state index contributed by atoms with van der Waals surface area (Å²) in [6, 6.07) is 15.6. The Morgan fingerprint density at radius 1 is 0.964 bits per heavy atom. The summed E-state index contributed by atoms with van der Waals surface area (Å²) in [7, 11) is 0. The predicted octanol–water partition coefficient (Wildman–Crippen LogP) is 4.62. The van der Waals surface area contributed by atoms with E-state index in [0.29, 0.717) is 30.5 Å². The number of anilines is 2. The van der Waals surface area contributed by atoms with Crippen LogP contribution in [0.2, 0.25) is 0 Å². The normalized spacial score (nSPS) is 10.8. The molecule has 3 heterocycles. The largest absolute Gasteiger partial charge is 0.349 e. The van der Waals surface area contributed by atoms with E-state index in [9.17, 15) is 4.79 Å². The maximum atomic E-state index is 13.1. The van der Waals surface area contributed by atoms with E-state index >= 15 is 0 Å². The smallest absolute Gasteiger partial charge is 0.281 e. The van der Waals surface area contributed by atoms with Crippen molar-refractivity contribution < 1.29 is 4.79 Å². The van der Waals surface area contributed by atoms with Crippen LogP contribution < -0.4 is 10.6 Å². The molecule has 2 N–H and O–H groups in total. The van der Waals surface area contributed by atoms with E-state index in [1.807, 2.05) is 60.1 Å². The Kier molecular flexibility index (Phi) is 5.50. The van der Waals surface area contributed by atoms with Crippen molar-refractivity contribution in [2.45, 2.75) is 20.0 Å². The summed E-state index contributed by atoms with van der Waals surface area (Å²) in [6.07, 6.45) is 0. The highest BCUT2D eigenvalue weighted by Crippen LogP contribution is 2.18. The molecule has 0 aliphatic rings. The third kappa shape index (κ3) is 4.13. The second-order valence-corrected chi connectivity index (χ2v) is 8.22. The lowest BCUT2D eigenvalue weighted by atomic mass is 10.1. The monoisotopic (exact) mass is 409 g/mol. The topological polar surface area (TPSA) is 71.8 Å². The SMILES string of the molecule is Cc1ccccc1C(=O)n1nc(NCc2cccs2)nc1NCc1cccs1. The van der Waals surface area contributed by atoms with Crippen LogP contribution in [0.5, 0.6) is 0 Å². The number of benzene rings is 1. The summed E-state index contributed by atoms with van der Waals surface area (Å²) in [5, 5.41) is 14.9. The molecule has 0 aliphatic heterocycles. The second kappa shape index (κ2) is 8.37. The molecule has 1 aromatic carbocycles.